The number of nitrogens with zero attached hydrogens (tertiary/aromatic N) is 2. The molecule has 0 aliphatic carbocycles. The van der Waals surface area contributed by atoms with Crippen molar-refractivity contribution in [2.75, 3.05) is 17.7 Å². The highest BCUT2D eigenvalue weighted by Crippen LogP contribution is 2.28. The molecule has 0 aliphatic rings. The lowest BCUT2D eigenvalue weighted by atomic mass is 10.2. The molecule has 9 heteroatoms. The van der Waals surface area contributed by atoms with Crippen LogP contribution in [-0.2, 0) is 11.3 Å². The number of hydrogen-bond acceptors (Lipinski definition) is 5. The molecule has 0 atom stereocenters. The van der Waals surface area contributed by atoms with Crippen molar-refractivity contribution in [3.8, 4) is 0 Å². The van der Waals surface area contributed by atoms with Crippen LogP contribution in [0.25, 0.3) is 0 Å². The summed E-state index contributed by atoms with van der Waals surface area (Å²) in [6, 6.07) is 9.85. The summed E-state index contributed by atoms with van der Waals surface area (Å²) >= 11 is 10.2. The summed E-state index contributed by atoms with van der Waals surface area (Å²) < 4.78 is 7.67. The summed E-state index contributed by atoms with van der Waals surface area (Å²) in [5.41, 5.74) is 2.37. The van der Waals surface area contributed by atoms with Crippen molar-refractivity contribution in [1.82, 2.24) is 9.78 Å². The zero-order chi connectivity index (χ0) is 19.4. The minimum atomic E-state index is -0.396. The largest absolute Gasteiger partial charge is 0.465 e. The number of carbonyl (C=O) groups excluding carboxylic acids is 1. The van der Waals surface area contributed by atoms with E-state index in [0.717, 1.165) is 20.6 Å². The SMILES string of the molecule is COC(=O)c1cc(C)sc1NC(=S)Nc1cnn(Cc2ccc(Br)cc2)c1. The fraction of sp³-hybridized carbons (Fsp3) is 0.167. The highest BCUT2D eigenvalue weighted by Gasteiger charge is 2.16. The van der Waals surface area contributed by atoms with Crippen LogP contribution >= 0.6 is 39.5 Å². The molecule has 0 saturated heterocycles. The second-order valence-electron chi connectivity index (χ2n) is 5.72. The van der Waals surface area contributed by atoms with Gasteiger partial charge in [0, 0.05) is 15.5 Å². The lowest BCUT2D eigenvalue weighted by Gasteiger charge is -2.08. The number of hydrogen-bond donors (Lipinski definition) is 2. The van der Waals surface area contributed by atoms with Crippen LogP contribution < -0.4 is 10.6 Å². The van der Waals surface area contributed by atoms with Gasteiger partial charge in [-0.1, -0.05) is 28.1 Å². The minimum absolute atomic E-state index is 0.380. The molecule has 0 unspecified atom stereocenters. The van der Waals surface area contributed by atoms with E-state index in [2.05, 4.69) is 31.7 Å². The van der Waals surface area contributed by atoms with Gasteiger partial charge in [0.05, 0.1) is 31.1 Å². The minimum Gasteiger partial charge on any atom is -0.465 e. The Kier molecular flexibility index (Phi) is 6.25. The van der Waals surface area contributed by atoms with E-state index in [1.165, 1.54) is 18.4 Å². The van der Waals surface area contributed by atoms with Crippen molar-refractivity contribution in [2.24, 2.45) is 0 Å². The molecule has 0 spiro atoms. The predicted octanol–water partition coefficient (Wildman–Crippen LogP) is 4.66. The van der Waals surface area contributed by atoms with Crippen LogP contribution in [0.3, 0.4) is 0 Å². The molecular formula is C18H17BrN4O2S2. The van der Waals surface area contributed by atoms with Gasteiger partial charge in [0.2, 0.25) is 0 Å². The van der Waals surface area contributed by atoms with E-state index in [9.17, 15) is 4.79 Å². The highest BCUT2D eigenvalue weighted by molar-refractivity contribution is 9.10. The third-order valence-electron chi connectivity index (χ3n) is 3.64. The summed E-state index contributed by atoms with van der Waals surface area (Å²) in [5, 5.41) is 11.5. The Balaban J connectivity index is 1.63. The van der Waals surface area contributed by atoms with Crippen molar-refractivity contribution in [3.63, 3.8) is 0 Å². The molecule has 0 saturated carbocycles. The van der Waals surface area contributed by atoms with Crippen LogP contribution in [0.1, 0.15) is 20.8 Å². The fourth-order valence-corrected chi connectivity index (χ4v) is 3.88. The Bertz CT molecular complexity index is 966. The monoisotopic (exact) mass is 464 g/mol. The summed E-state index contributed by atoms with van der Waals surface area (Å²) in [4.78, 5) is 12.8. The first-order valence-electron chi connectivity index (χ1n) is 7.98. The predicted molar refractivity (Wildman–Crippen MR) is 116 cm³/mol. The molecular weight excluding hydrogens is 448 g/mol. The molecule has 0 amide bonds. The summed E-state index contributed by atoms with van der Waals surface area (Å²) in [5.74, 6) is -0.396. The molecule has 0 fully saturated rings. The number of nitrogens with one attached hydrogen (secondary N) is 2. The smallest absolute Gasteiger partial charge is 0.340 e. The van der Waals surface area contributed by atoms with Gasteiger partial charge >= 0.3 is 5.97 Å². The number of thiocarbonyl (C=S) groups is 1. The van der Waals surface area contributed by atoms with Crippen molar-refractivity contribution < 1.29 is 9.53 Å². The van der Waals surface area contributed by atoms with E-state index < -0.39 is 5.97 Å². The number of aromatic nitrogens is 2. The zero-order valence-electron chi connectivity index (χ0n) is 14.7. The van der Waals surface area contributed by atoms with Gasteiger partial charge in [-0.15, -0.1) is 11.3 Å². The number of ether oxygens (including phenoxy) is 1. The van der Waals surface area contributed by atoms with Crippen LogP contribution in [0.2, 0.25) is 0 Å². The molecule has 2 heterocycles. The van der Waals surface area contributed by atoms with Gasteiger partial charge in [0.15, 0.2) is 5.11 Å². The van der Waals surface area contributed by atoms with E-state index in [0.29, 0.717) is 22.2 Å². The third kappa shape index (κ3) is 5.15. The second kappa shape index (κ2) is 8.64. The molecule has 2 aromatic heterocycles. The van der Waals surface area contributed by atoms with Gasteiger partial charge in [-0.25, -0.2) is 4.79 Å². The van der Waals surface area contributed by atoms with Crippen molar-refractivity contribution in [1.29, 1.82) is 0 Å². The molecule has 6 nitrogen and oxygen atoms in total. The topological polar surface area (TPSA) is 68.2 Å². The van der Waals surface area contributed by atoms with Gasteiger partial charge in [0.25, 0.3) is 0 Å². The lowest BCUT2D eigenvalue weighted by Crippen LogP contribution is -2.19. The van der Waals surface area contributed by atoms with Gasteiger partial charge < -0.3 is 15.4 Å². The quantitative estimate of drug-likeness (QED) is 0.422. The number of methoxy groups -OCH3 is 1. The number of rotatable bonds is 5. The number of esters is 1. The molecule has 140 valence electrons. The summed E-state index contributed by atoms with van der Waals surface area (Å²) in [6.45, 7) is 2.58. The summed E-state index contributed by atoms with van der Waals surface area (Å²) in [7, 11) is 1.36. The van der Waals surface area contributed by atoms with Crippen molar-refractivity contribution in [3.05, 3.63) is 63.2 Å². The maximum absolute atomic E-state index is 11.8. The maximum Gasteiger partial charge on any atom is 0.340 e. The van der Waals surface area contributed by atoms with E-state index in [1.54, 1.807) is 12.3 Å². The van der Waals surface area contributed by atoms with Gasteiger partial charge in [-0.2, -0.15) is 5.10 Å². The average Bonchev–Trinajstić information content (AvgIpc) is 3.22. The maximum atomic E-state index is 11.8. The standard InChI is InChI=1S/C18H17BrN4O2S2/c1-11-7-15(17(24)25-2)16(27-11)22-18(26)21-14-8-20-23(10-14)9-12-3-5-13(19)6-4-12/h3-8,10H,9H2,1-2H3,(H2,21,22,26). The number of carbonyl (C=O) groups is 1. The van der Waals surface area contributed by atoms with Crippen molar-refractivity contribution >= 4 is 61.3 Å². The molecule has 0 bridgehead atoms. The van der Waals surface area contributed by atoms with Crippen LogP contribution in [0.5, 0.6) is 0 Å². The number of aryl methyl sites for hydroxylation is 1. The van der Waals surface area contributed by atoms with Gasteiger partial charge in [-0.3, -0.25) is 4.68 Å². The zero-order valence-corrected chi connectivity index (χ0v) is 17.9. The Morgan fingerprint density at radius 1 is 1.33 bits per heavy atom. The van der Waals surface area contributed by atoms with Crippen LogP contribution in [0.15, 0.2) is 47.2 Å². The average molecular weight is 465 g/mol. The second-order valence-corrected chi connectivity index (χ2v) is 8.30. The van der Waals surface area contributed by atoms with Crippen LogP contribution in [-0.4, -0.2) is 28.0 Å². The first kappa shape index (κ1) is 19.5. The van der Waals surface area contributed by atoms with E-state index >= 15 is 0 Å². The molecule has 2 N–H and O–H groups in total. The van der Waals surface area contributed by atoms with Gasteiger partial charge in [-0.05, 0) is 42.9 Å². The molecule has 3 aromatic rings. The number of anilines is 2. The molecule has 3 rings (SSSR count). The molecule has 27 heavy (non-hydrogen) atoms. The summed E-state index contributed by atoms with van der Waals surface area (Å²) in [6.07, 6.45) is 3.57. The molecule has 1 aromatic carbocycles. The first-order chi connectivity index (χ1) is 12.9. The van der Waals surface area contributed by atoms with Crippen LogP contribution in [0, 0.1) is 6.92 Å². The molecule has 0 radical (unpaired) electrons. The Labute approximate surface area is 174 Å². The van der Waals surface area contributed by atoms with Crippen LogP contribution in [0.4, 0.5) is 10.7 Å². The normalized spacial score (nSPS) is 10.5. The fourth-order valence-electron chi connectivity index (χ4n) is 2.43. The first-order valence-corrected chi connectivity index (χ1v) is 10.00. The highest BCUT2D eigenvalue weighted by atomic mass is 79.9. The number of thiophene rings is 1. The van der Waals surface area contributed by atoms with Gasteiger partial charge in [0.1, 0.15) is 5.00 Å². The Hall–Kier alpha value is -2.23. The van der Waals surface area contributed by atoms with E-state index in [1.807, 2.05) is 42.1 Å². The Morgan fingerprint density at radius 2 is 2.07 bits per heavy atom. The number of halogens is 1. The molecule has 0 aliphatic heterocycles. The number of benzene rings is 1. The lowest BCUT2D eigenvalue weighted by molar-refractivity contribution is 0.0602. The van der Waals surface area contributed by atoms with E-state index in [4.69, 9.17) is 17.0 Å². The Morgan fingerprint density at radius 3 is 2.78 bits per heavy atom. The van der Waals surface area contributed by atoms with Crippen molar-refractivity contribution in [2.45, 2.75) is 13.5 Å². The third-order valence-corrected chi connectivity index (χ3v) is 5.34. The van der Waals surface area contributed by atoms with E-state index in [-0.39, 0.29) is 0 Å².